The fourth-order valence-corrected chi connectivity index (χ4v) is 2.46. The van der Waals surface area contributed by atoms with Gasteiger partial charge in [0.1, 0.15) is 0 Å². The maximum Gasteiger partial charge on any atom is 0.261 e. The SMILES string of the molecule is CC(CO)NC(=O)c1cc2cc(N)ccc2s1. The highest BCUT2D eigenvalue weighted by atomic mass is 32.1. The van der Waals surface area contributed by atoms with E-state index in [4.69, 9.17) is 10.8 Å². The van der Waals surface area contributed by atoms with Gasteiger partial charge in [-0.15, -0.1) is 11.3 Å². The van der Waals surface area contributed by atoms with E-state index >= 15 is 0 Å². The first-order valence-corrected chi connectivity index (χ1v) is 6.12. The van der Waals surface area contributed by atoms with Crippen LogP contribution in [0.5, 0.6) is 0 Å². The number of hydrogen-bond donors (Lipinski definition) is 3. The molecule has 17 heavy (non-hydrogen) atoms. The Balaban J connectivity index is 2.27. The van der Waals surface area contributed by atoms with E-state index in [0.29, 0.717) is 10.6 Å². The molecule has 2 rings (SSSR count). The molecule has 0 aliphatic heterocycles. The highest BCUT2D eigenvalue weighted by Crippen LogP contribution is 2.27. The Hall–Kier alpha value is -1.59. The Morgan fingerprint density at radius 3 is 3.00 bits per heavy atom. The summed E-state index contributed by atoms with van der Waals surface area (Å²) in [6.45, 7) is 1.69. The minimum absolute atomic E-state index is 0.0659. The first-order valence-electron chi connectivity index (χ1n) is 5.31. The van der Waals surface area contributed by atoms with Gasteiger partial charge in [-0.25, -0.2) is 0 Å². The molecule has 4 nitrogen and oxygen atoms in total. The number of thiophene rings is 1. The van der Waals surface area contributed by atoms with Crippen molar-refractivity contribution >= 4 is 33.0 Å². The quantitative estimate of drug-likeness (QED) is 0.724. The lowest BCUT2D eigenvalue weighted by Crippen LogP contribution is -2.34. The number of hydrogen-bond acceptors (Lipinski definition) is 4. The molecule has 0 aliphatic rings. The number of anilines is 1. The first kappa shape index (κ1) is 11.9. The van der Waals surface area contributed by atoms with Crippen molar-refractivity contribution in [2.75, 3.05) is 12.3 Å². The fourth-order valence-electron chi connectivity index (χ4n) is 1.51. The lowest BCUT2D eigenvalue weighted by Gasteiger charge is -2.08. The molecular weight excluding hydrogens is 236 g/mol. The summed E-state index contributed by atoms with van der Waals surface area (Å²) in [7, 11) is 0. The van der Waals surface area contributed by atoms with Gasteiger partial charge in [0, 0.05) is 16.4 Å². The van der Waals surface area contributed by atoms with E-state index < -0.39 is 0 Å². The predicted molar refractivity (Wildman–Crippen MR) is 70.3 cm³/mol. The monoisotopic (exact) mass is 250 g/mol. The molecule has 0 saturated carbocycles. The summed E-state index contributed by atoms with van der Waals surface area (Å²) in [5.74, 6) is -0.161. The molecule has 0 fully saturated rings. The molecule has 2 aromatic rings. The molecule has 0 aliphatic carbocycles. The lowest BCUT2D eigenvalue weighted by molar-refractivity contribution is 0.0926. The Bertz CT molecular complexity index is 550. The number of nitrogens with two attached hydrogens (primary N) is 1. The number of rotatable bonds is 3. The van der Waals surface area contributed by atoms with Gasteiger partial charge in [-0.05, 0) is 36.6 Å². The topological polar surface area (TPSA) is 75.3 Å². The third kappa shape index (κ3) is 2.57. The van der Waals surface area contributed by atoms with Crippen LogP contribution in [0.2, 0.25) is 0 Å². The number of aliphatic hydroxyl groups excluding tert-OH is 1. The van der Waals surface area contributed by atoms with Gasteiger partial charge in [0.15, 0.2) is 0 Å². The molecule has 4 N–H and O–H groups in total. The fraction of sp³-hybridized carbons (Fsp3) is 0.250. The zero-order chi connectivity index (χ0) is 12.4. The van der Waals surface area contributed by atoms with Crippen LogP contribution in [0.15, 0.2) is 24.3 Å². The molecule has 0 bridgehead atoms. The van der Waals surface area contributed by atoms with Crippen LogP contribution in [0.1, 0.15) is 16.6 Å². The minimum atomic E-state index is -0.238. The number of benzene rings is 1. The van der Waals surface area contributed by atoms with Crippen molar-refractivity contribution < 1.29 is 9.90 Å². The van der Waals surface area contributed by atoms with Crippen molar-refractivity contribution in [3.05, 3.63) is 29.1 Å². The molecule has 0 spiro atoms. The number of carbonyl (C=O) groups is 1. The van der Waals surface area contributed by atoms with Gasteiger partial charge in [0.2, 0.25) is 0 Å². The van der Waals surface area contributed by atoms with Gasteiger partial charge in [0.05, 0.1) is 11.5 Å². The molecule has 1 amide bonds. The van der Waals surface area contributed by atoms with Gasteiger partial charge in [-0.3, -0.25) is 4.79 Å². The molecular formula is C12H14N2O2S. The van der Waals surface area contributed by atoms with E-state index in [1.165, 1.54) is 11.3 Å². The van der Waals surface area contributed by atoms with Crippen LogP contribution < -0.4 is 11.1 Å². The third-order valence-electron chi connectivity index (χ3n) is 2.42. The van der Waals surface area contributed by atoms with Gasteiger partial charge in [0.25, 0.3) is 5.91 Å². The predicted octanol–water partition coefficient (Wildman–Crippen LogP) is 1.59. The molecule has 90 valence electrons. The second-order valence-corrected chi connectivity index (χ2v) is 5.05. The maximum atomic E-state index is 11.8. The molecule has 5 heteroatoms. The zero-order valence-electron chi connectivity index (χ0n) is 9.43. The molecule has 1 heterocycles. The van der Waals surface area contributed by atoms with Gasteiger partial charge in [-0.1, -0.05) is 0 Å². The zero-order valence-corrected chi connectivity index (χ0v) is 10.3. The standard InChI is InChI=1S/C12H14N2O2S/c1-7(6-15)14-12(16)11-5-8-4-9(13)2-3-10(8)17-11/h2-5,7,15H,6,13H2,1H3,(H,14,16). The van der Waals surface area contributed by atoms with Crippen LogP contribution in [0.3, 0.4) is 0 Å². The van der Waals surface area contributed by atoms with E-state index in [-0.39, 0.29) is 18.6 Å². The second-order valence-electron chi connectivity index (χ2n) is 3.96. The van der Waals surface area contributed by atoms with E-state index in [2.05, 4.69) is 5.32 Å². The van der Waals surface area contributed by atoms with E-state index in [1.807, 2.05) is 24.3 Å². The summed E-state index contributed by atoms with van der Waals surface area (Å²) in [6, 6.07) is 7.14. The van der Waals surface area contributed by atoms with Crippen LogP contribution in [0.25, 0.3) is 10.1 Å². The lowest BCUT2D eigenvalue weighted by atomic mass is 10.2. The van der Waals surface area contributed by atoms with Crippen LogP contribution in [0, 0.1) is 0 Å². The number of carbonyl (C=O) groups excluding carboxylic acids is 1. The average molecular weight is 250 g/mol. The number of nitrogens with one attached hydrogen (secondary N) is 1. The van der Waals surface area contributed by atoms with Crippen LogP contribution >= 0.6 is 11.3 Å². The van der Waals surface area contributed by atoms with Crippen molar-refractivity contribution in [1.29, 1.82) is 0 Å². The Kier molecular flexibility index (Phi) is 3.31. The molecule has 1 aromatic heterocycles. The number of fused-ring (bicyclic) bond motifs is 1. The average Bonchev–Trinajstić information content (AvgIpc) is 2.71. The highest BCUT2D eigenvalue weighted by Gasteiger charge is 2.12. The molecule has 0 radical (unpaired) electrons. The number of nitrogen functional groups attached to an aromatic ring is 1. The molecule has 1 aromatic carbocycles. The third-order valence-corrected chi connectivity index (χ3v) is 3.53. The number of amides is 1. The summed E-state index contributed by atoms with van der Waals surface area (Å²) in [5.41, 5.74) is 6.37. The van der Waals surface area contributed by atoms with Crippen LogP contribution in [0.4, 0.5) is 5.69 Å². The van der Waals surface area contributed by atoms with Crippen molar-refractivity contribution in [3.63, 3.8) is 0 Å². The Morgan fingerprint density at radius 1 is 1.53 bits per heavy atom. The molecule has 1 atom stereocenters. The summed E-state index contributed by atoms with van der Waals surface area (Å²) < 4.78 is 1.03. The van der Waals surface area contributed by atoms with E-state index in [1.54, 1.807) is 6.92 Å². The minimum Gasteiger partial charge on any atom is -0.399 e. The molecule has 0 saturated heterocycles. The Labute approximate surface area is 103 Å². The summed E-state index contributed by atoms with van der Waals surface area (Å²) >= 11 is 1.42. The van der Waals surface area contributed by atoms with Crippen LogP contribution in [-0.4, -0.2) is 23.7 Å². The van der Waals surface area contributed by atoms with Crippen LogP contribution in [-0.2, 0) is 0 Å². The first-order chi connectivity index (χ1) is 8.10. The van der Waals surface area contributed by atoms with E-state index in [9.17, 15) is 4.79 Å². The largest absolute Gasteiger partial charge is 0.399 e. The van der Waals surface area contributed by atoms with Crippen molar-refractivity contribution in [2.45, 2.75) is 13.0 Å². The second kappa shape index (κ2) is 4.73. The number of aliphatic hydroxyl groups is 1. The van der Waals surface area contributed by atoms with Crippen molar-refractivity contribution in [3.8, 4) is 0 Å². The summed E-state index contributed by atoms with van der Waals surface area (Å²) in [4.78, 5) is 12.5. The van der Waals surface area contributed by atoms with Gasteiger partial charge >= 0.3 is 0 Å². The summed E-state index contributed by atoms with van der Waals surface area (Å²) in [5, 5.41) is 12.6. The highest BCUT2D eigenvalue weighted by molar-refractivity contribution is 7.20. The van der Waals surface area contributed by atoms with Crippen molar-refractivity contribution in [2.24, 2.45) is 0 Å². The smallest absolute Gasteiger partial charge is 0.261 e. The van der Waals surface area contributed by atoms with E-state index in [0.717, 1.165) is 10.1 Å². The van der Waals surface area contributed by atoms with Gasteiger partial charge < -0.3 is 16.2 Å². The maximum absolute atomic E-state index is 11.8. The Morgan fingerprint density at radius 2 is 2.29 bits per heavy atom. The van der Waals surface area contributed by atoms with Gasteiger partial charge in [-0.2, -0.15) is 0 Å². The molecule has 1 unspecified atom stereocenters. The normalized spacial score (nSPS) is 12.6. The van der Waals surface area contributed by atoms with Crippen molar-refractivity contribution in [1.82, 2.24) is 5.32 Å². The summed E-state index contributed by atoms with van der Waals surface area (Å²) in [6.07, 6.45) is 0.